The van der Waals surface area contributed by atoms with Crippen LogP contribution < -0.4 is 11.1 Å². The average Bonchev–Trinajstić information content (AvgIpc) is 2.74. The molecule has 0 saturated carbocycles. The third kappa shape index (κ3) is 3.42. The highest BCUT2D eigenvalue weighted by Gasteiger charge is 2.31. The van der Waals surface area contributed by atoms with Crippen LogP contribution in [0.25, 0.3) is 0 Å². The number of nitrogens with one attached hydrogen (secondary N) is 1. The molecule has 4 N–H and O–H groups in total. The van der Waals surface area contributed by atoms with Crippen molar-refractivity contribution in [3.8, 4) is 0 Å². The van der Waals surface area contributed by atoms with Gasteiger partial charge in [0.05, 0.1) is 23.9 Å². The van der Waals surface area contributed by atoms with Crippen molar-refractivity contribution in [2.45, 2.75) is 19.4 Å². The molecule has 5 nitrogen and oxygen atoms in total. The van der Waals surface area contributed by atoms with Gasteiger partial charge in [0, 0.05) is 11.7 Å². The van der Waals surface area contributed by atoms with Crippen LogP contribution in [-0.2, 0) is 4.79 Å². The van der Waals surface area contributed by atoms with Gasteiger partial charge in [-0.3, -0.25) is 9.69 Å². The van der Waals surface area contributed by atoms with Gasteiger partial charge in [0.2, 0.25) is 5.91 Å². The third-order valence-electron chi connectivity index (χ3n) is 3.80. The van der Waals surface area contributed by atoms with Crippen LogP contribution in [0.4, 0.5) is 11.4 Å². The van der Waals surface area contributed by atoms with Crippen molar-refractivity contribution in [3.05, 3.63) is 23.2 Å². The molecule has 2 unspecified atom stereocenters. The van der Waals surface area contributed by atoms with E-state index in [2.05, 4.69) is 12.2 Å². The van der Waals surface area contributed by atoms with Gasteiger partial charge in [-0.15, -0.1) is 0 Å². The first-order valence-corrected chi connectivity index (χ1v) is 7.09. The Morgan fingerprint density at radius 2 is 2.35 bits per heavy atom. The fraction of sp³-hybridized carbons (Fsp3) is 0.500. The molecule has 1 aromatic carbocycles. The Labute approximate surface area is 123 Å². The van der Waals surface area contributed by atoms with E-state index < -0.39 is 0 Å². The summed E-state index contributed by atoms with van der Waals surface area (Å²) in [6.45, 7) is 3.24. The van der Waals surface area contributed by atoms with E-state index in [4.69, 9.17) is 17.3 Å². The number of aliphatic hydroxyl groups excluding tert-OH is 1. The molecule has 1 saturated heterocycles. The molecule has 20 heavy (non-hydrogen) atoms. The number of nitrogens with zero attached hydrogens (tertiary/aromatic N) is 1. The fourth-order valence-electron chi connectivity index (χ4n) is 2.59. The summed E-state index contributed by atoms with van der Waals surface area (Å²) < 4.78 is 0. The molecule has 0 bridgehead atoms. The molecule has 2 rings (SSSR count). The molecule has 1 aliphatic rings. The summed E-state index contributed by atoms with van der Waals surface area (Å²) in [4.78, 5) is 14.1. The van der Waals surface area contributed by atoms with Gasteiger partial charge in [0.25, 0.3) is 0 Å². The second-order valence-electron chi connectivity index (χ2n) is 5.27. The summed E-state index contributed by atoms with van der Waals surface area (Å²) in [5.41, 5.74) is 6.74. The number of rotatable bonds is 4. The van der Waals surface area contributed by atoms with Gasteiger partial charge >= 0.3 is 0 Å². The summed E-state index contributed by atoms with van der Waals surface area (Å²) in [5, 5.41) is 12.6. The Hall–Kier alpha value is -1.30. The van der Waals surface area contributed by atoms with Crippen LogP contribution in [0, 0.1) is 5.92 Å². The maximum Gasteiger partial charge on any atom is 0.238 e. The van der Waals surface area contributed by atoms with E-state index in [1.54, 1.807) is 18.2 Å². The number of carbonyl (C=O) groups excluding carboxylic acids is 1. The summed E-state index contributed by atoms with van der Waals surface area (Å²) in [7, 11) is 0. The highest BCUT2D eigenvalue weighted by atomic mass is 35.5. The van der Waals surface area contributed by atoms with Gasteiger partial charge in [0.1, 0.15) is 0 Å². The lowest BCUT2D eigenvalue weighted by Crippen LogP contribution is -2.40. The lowest BCUT2D eigenvalue weighted by atomic mass is 10.0. The van der Waals surface area contributed by atoms with Crippen LogP contribution in [-0.4, -0.2) is 41.7 Å². The number of aliphatic hydroxyl groups is 1. The van der Waals surface area contributed by atoms with Gasteiger partial charge in [-0.2, -0.15) is 0 Å². The molecule has 0 radical (unpaired) electrons. The summed E-state index contributed by atoms with van der Waals surface area (Å²) in [5.74, 6) is 0.258. The molecule has 110 valence electrons. The number of halogens is 1. The standard InChI is InChI=1S/C14H20ClN3O2/c1-9-4-5-18(13(9)8-19)7-14(20)17-12-6-10(16)2-3-11(12)15/h2-3,6,9,13,19H,4-5,7-8,16H2,1H3,(H,17,20). The van der Waals surface area contributed by atoms with E-state index >= 15 is 0 Å². The zero-order valence-corrected chi connectivity index (χ0v) is 12.2. The number of benzene rings is 1. The van der Waals surface area contributed by atoms with Crippen LogP contribution in [0.5, 0.6) is 0 Å². The number of anilines is 2. The Balaban J connectivity index is 1.97. The number of carbonyl (C=O) groups is 1. The topological polar surface area (TPSA) is 78.6 Å². The van der Waals surface area contributed by atoms with E-state index in [0.717, 1.165) is 13.0 Å². The minimum absolute atomic E-state index is 0.0528. The fourth-order valence-corrected chi connectivity index (χ4v) is 2.76. The maximum absolute atomic E-state index is 12.1. The van der Waals surface area contributed by atoms with Gasteiger partial charge in [-0.1, -0.05) is 18.5 Å². The largest absolute Gasteiger partial charge is 0.399 e. The number of hydrogen-bond donors (Lipinski definition) is 3. The Morgan fingerprint density at radius 3 is 3.05 bits per heavy atom. The van der Waals surface area contributed by atoms with Crippen molar-refractivity contribution >= 4 is 28.9 Å². The monoisotopic (exact) mass is 297 g/mol. The number of nitrogen functional groups attached to an aromatic ring is 1. The molecule has 1 aliphatic heterocycles. The highest BCUT2D eigenvalue weighted by Crippen LogP contribution is 2.25. The summed E-state index contributed by atoms with van der Waals surface area (Å²) in [6.07, 6.45) is 0.998. The number of amides is 1. The van der Waals surface area contributed by atoms with Crippen molar-refractivity contribution in [1.29, 1.82) is 0 Å². The number of nitrogens with two attached hydrogens (primary N) is 1. The normalized spacial score (nSPS) is 22.9. The van der Waals surface area contributed by atoms with Crippen molar-refractivity contribution in [3.63, 3.8) is 0 Å². The minimum atomic E-state index is -0.148. The van der Waals surface area contributed by atoms with Crippen molar-refractivity contribution in [2.24, 2.45) is 5.92 Å². The van der Waals surface area contributed by atoms with E-state index in [1.165, 1.54) is 0 Å². The Bertz CT molecular complexity index is 495. The quantitative estimate of drug-likeness (QED) is 0.737. The van der Waals surface area contributed by atoms with E-state index in [-0.39, 0.29) is 25.1 Å². The van der Waals surface area contributed by atoms with Crippen molar-refractivity contribution in [2.75, 3.05) is 30.7 Å². The summed E-state index contributed by atoms with van der Waals surface area (Å²) in [6, 6.07) is 5.02. The second-order valence-corrected chi connectivity index (χ2v) is 5.68. The van der Waals surface area contributed by atoms with Crippen LogP contribution in [0.3, 0.4) is 0 Å². The molecule has 2 atom stereocenters. The van der Waals surface area contributed by atoms with Gasteiger partial charge in [-0.05, 0) is 37.1 Å². The predicted octanol–water partition coefficient (Wildman–Crippen LogP) is 1.56. The van der Waals surface area contributed by atoms with Crippen LogP contribution >= 0.6 is 11.6 Å². The molecule has 1 fully saturated rings. The average molecular weight is 298 g/mol. The maximum atomic E-state index is 12.1. The second kappa shape index (κ2) is 6.43. The Kier molecular flexibility index (Phi) is 4.86. The molecular weight excluding hydrogens is 278 g/mol. The van der Waals surface area contributed by atoms with Gasteiger partial charge in [0.15, 0.2) is 0 Å². The molecule has 6 heteroatoms. The van der Waals surface area contributed by atoms with Gasteiger partial charge in [-0.25, -0.2) is 0 Å². The lowest BCUT2D eigenvalue weighted by molar-refractivity contribution is -0.117. The van der Waals surface area contributed by atoms with E-state index in [0.29, 0.717) is 22.3 Å². The van der Waals surface area contributed by atoms with E-state index in [1.807, 2.05) is 4.90 Å². The Morgan fingerprint density at radius 1 is 1.60 bits per heavy atom. The molecule has 0 aliphatic carbocycles. The third-order valence-corrected chi connectivity index (χ3v) is 4.13. The zero-order valence-electron chi connectivity index (χ0n) is 11.5. The van der Waals surface area contributed by atoms with Gasteiger partial charge < -0.3 is 16.2 Å². The van der Waals surface area contributed by atoms with Crippen LogP contribution in [0.15, 0.2) is 18.2 Å². The van der Waals surface area contributed by atoms with Crippen LogP contribution in [0.1, 0.15) is 13.3 Å². The van der Waals surface area contributed by atoms with Crippen molar-refractivity contribution < 1.29 is 9.90 Å². The van der Waals surface area contributed by atoms with E-state index in [9.17, 15) is 9.90 Å². The summed E-state index contributed by atoms with van der Waals surface area (Å²) >= 11 is 6.01. The van der Waals surface area contributed by atoms with Crippen LogP contribution in [0.2, 0.25) is 5.02 Å². The minimum Gasteiger partial charge on any atom is -0.399 e. The highest BCUT2D eigenvalue weighted by molar-refractivity contribution is 6.33. The van der Waals surface area contributed by atoms with Crippen molar-refractivity contribution in [1.82, 2.24) is 4.90 Å². The molecule has 1 aromatic rings. The zero-order chi connectivity index (χ0) is 14.7. The smallest absolute Gasteiger partial charge is 0.238 e. The SMILES string of the molecule is CC1CCN(CC(=O)Nc2cc(N)ccc2Cl)C1CO. The molecule has 1 amide bonds. The molecule has 0 spiro atoms. The number of hydrogen-bond acceptors (Lipinski definition) is 4. The first kappa shape index (κ1) is 15.1. The first-order valence-electron chi connectivity index (χ1n) is 6.71. The lowest BCUT2D eigenvalue weighted by Gasteiger charge is -2.24. The molecular formula is C14H20ClN3O2. The molecule has 0 aromatic heterocycles. The number of likely N-dealkylation sites (tertiary alicyclic amines) is 1. The predicted molar refractivity (Wildman–Crippen MR) is 80.7 cm³/mol. The molecule has 1 heterocycles. The first-order chi connectivity index (χ1) is 9.51.